The van der Waals surface area contributed by atoms with Crippen LogP contribution in [0.15, 0.2) is 18.2 Å². The summed E-state index contributed by atoms with van der Waals surface area (Å²) >= 11 is 0. The molecule has 0 spiro atoms. The first-order valence-electron chi connectivity index (χ1n) is 7.27. The van der Waals surface area contributed by atoms with Crippen molar-refractivity contribution in [3.63, 3.8) is 0 Å². The van der Waals surface area contributed by atoms with E-state index in [2.05, 4.69) is 0 Å². The molecule has 1 aromatic rings. The van der Waals surface area contributed by atoms with Crippen LogP contribution >= 0.6 is 0 Å². The first kappa shape index (κ1) is 17.3. The van der Waals surface area contributed by atoms with E-state index in [0.29, 0.717) is 23.6 Å². The Bertz CT molecular complexity index is 435. The number of benzene rings is 1. The van der Waals surface area contributed by atoms with Crippen LogP contribution in [0, 0.1) is 0 Å². The molecule has 118 valence electrons. The van der Waals surface area contributed by atoms with Crippen LogP contribution in [0.4, 0.5) is 0 Å². The third-order valence-corrected chi connectivity index (χ3v) is 3.63. The Morgan fingerprint density at radius 1 is 1.19 bits per heavy atom. The molecule has 0 saturated heterocycles. The fourth-order valence-corrected chi connectivity index (χ4v) is 2.49. The van der Waals surface area contributed by atoms with Crippen molar-refractivity contribution in [2.45, 2.75) is 32.7 Å². The molecule has 21 heavy (non-hydrogen) atoms. The van der Waals surface area contributed by atoms with Gasteiger partial charge in [-0.2, -0.15) is 0 Å². The lowest BCUT2D eigenvalue weighted by Gasteiger charge is -2.31. The van der Waals surface area contributed by atoms with Crippen molar-refractivity contribution in [1.29, 1.82) is 0 Å². The third-order valence-electron chi connectivity index (χ3n) is 3.63. The summed E-state index contributed by atoms with van der Waals surface area (Å²) in [6.45, 7) is 4.29. The van der Waals surface area contributed by atoms with E-state index in [1.165, 1.54) is 14.2 Å². The summed E-state index contributed by atoms with van der Waals surface area (Å²) in [5.41, 5.74) is 0.405. The van der Waals surface area contributed by atoms with Crippen LogP contribution < -0.4 is 9.47 Å². The van der Waals surface area contributed by atoms with Crippen molar-refractivity contribution in [2.24, 2.45) is 0 Å². The van der Waals surface area contributed by atoms with Crippen LogP contribution in [-0.4, -0.2) is 49.3 Å². The number of aliphatic hydroxyl groups excluding tert-OH is 1. The molecule has 0 fully saturated rings. The number of hydrogen-bond acceptors (Lipinski definition) is 4. The van der Waals surface area contributed by atoms with E-state index in [-0.39, 0.29) is 18.6 Å². The first-order valence-corrected chi connectivity index (χ1v) is 7.27. The Morgan fingerprint density at radius 2 is 1.71 bits per heavy atom. The van der Waals surface area contributed by atoms with E-state index in [0.717, 1.165) is 12.8 Å². The molecule has 1 aromatic carbocycles. The number of nitrogens with zero attached hydrogens (tertiary/aromatic N) is 1. The van der Waals surface area contributed by atoms with Crippen molar-refractivity contribution in [1.82, 2.24) is 4.90 Å². The van der Waals surface area contributed by atoms with E-state index in [1.807, 2.05) is 13.8 Å². The van der Waals surface area contributed by atoms with Gasteiger partial charge in [-0.25, -0.2) is 0 Å². The molecule has 1 N–H and O–H groups in total. The number of hydrogen-bond donors (Lipinski definition) is 1. The SMILES string of the molecule is CCC(CC)N(CCO)C(=O)c1c(OC)cccc1OC. The minimum absolute atomic E-state index is 0.0697. The number of amides is 1. The number of carbonyl (C=O) groups is 1. The molecule has 0 aliphatic rings. The summed E-state index contributed by atoms with van der Waals surface area (Å²) in [6.07, 6.45) is 1.67. The van der Waals surface area contributed by atoms with Gasteiger partial charge in [0.1, 0.15) is 17.1 Å². The Kier molecular flexibility index (Phi) is 7.02. The second kappa shape index (κ2) is 8.52. The van der Waals surface area contributed by atoms with Gasteiger partial charge in [-0.1, -0.05) is 19.9 Å². The van der Waals surface area contributed by atoms with Gasteiger partial charge in [0, 0.05) is 12.6 Å². The van der Waals surface area contributed by atoms with E-state index >= 15 is 0 Å². The lowest BCUT2D eigenvalue weighted by atomic mass is 10.1. The molecule has 1 amide bonds. The predicted molar refractivity (Wildman–Crippen MR) is 82.0 cm³/mol. The lowest BCUT2D eigenvalue weighted by molar-refractivity contribution is 0.0615. The van der Waals surface area contributed by atoms with Crippen LogP contribution in [0.25, 0.3) is 0 Å². The molecule has 0 bridgehead atoms. The summed E-state index contributed by atoms with van der Waals surface area (Å²) in [4.78, 5) is 14.6. The zero-order chi connectivity index (χ0) is 15.8. The van der Waals surface area contributed by atoms with Crippen LogP contribution in [0.1, 0.15) is 37.0 Å². The lowest BCUT2D eigenvalue weighted by Crippen LogP contribution is -2.41. The van der Waals surface area contributed by atoms with Gasteiger partial charge in [0.2, 0.25) is 0 Å². The van der Waals surface area contributed by atoms with Crippen molar-refractivity contribution in [2.75, 3.05) is 27.4 Å². The fourth-order valence-electron chi connectivity index (χ4n) is 2.49. The Labute approximate surface area is 126 Å². The molecule has 1 rings (SSSR count). The molecule has 0 aliphatic carbocycles. The minimum Gasteiger partial charge on any atom is -0.496 e. The number of aliphatic hydroxyl groups is 1. The van der Waals surface area contributed by atoms with Gasteiger partial charge in [0.25, 0.3) is 5.91 Å². The predicted octanol–water partition coefficient (Wildman–Crippen LogP) is 2.33. The number of ether oxygens (including phenoxy) is 2. The van der Waals surface area contributed by atoms with Crippen molar-refractivity contribution >= 4 is 5.91 Å². The summed E-state index contributed by atoms with van der Waals surface area (Å²) < 4.78 is 10.6. The highest BCUT2D eigenvalue weighted by molar-refractivity contribution is 6.00. The molecule has 0 radical (unpaired) electrons. The van der Waals surface area contributed by atoms with Gasteiger partial charge in [-0.05, 0) is 25.0 Å². The van der Waals surface area contributed by atoms with E-state index in [1.54, 1.807) is 23.1 Å². The normalized spacial score (nSPS) is 10.6. The highest BCUT2D eigenvalue weighted by Gasteiger charge is 2.27. The molecule has 0 saturated carbocycles. The maximum Gasteiger partial charge on any atom is 0.261 e. The standard InChI is InChI=1S/C16H25NO4/c1-5-12(6-2)17(10-11-18)16(19)15-13(20-3)8-7-9-14(15)21-4/h7-9,12,18H,5-6,10-11H2,1-4H3. The molecule has 5 nitrogen and oxygen atoms in total. The van der Waals surface area contributed by atoms with Gasteiger partial charge in [-0.3, -0.25) is 4.79 Å². The molecule has 0 heterocycles. The maximum absolute atomic E-state index is 12.9. The fraction of sp³-hybridized carbons (Fsp3) is 0.562. The molecule has 0 aliphatic heterocycles. The summed E-state index contributed by atoms with van der Waals surface area (Å²) in [6, 6.07) is 5.33. The summed E-state index contributed by atoms with van der Waals surface area (Å²) in [5.74, 6) is 0.786. The van der Waals surface area contributed by atoms with Gasteiger partial charge >= 0.3 is 0 Å². The molecule has 0 atom stereocenters. The summed E-state index contributed by atoms with van der Waals surface area (Å²) in [5, 5.41) is 9.27. The number of carbonyl (C=O) groups excluding carboxylic acids is 1. The average molecular weight is 295 g/mol. The van der Waals surface area contributed by atoms with Crippen molar-refractivity contribution in [3.05, 3.63) is 23.8 Å². The average Bonchev–Trinajstić information content (AvgIpc) is 2.53. The molecule has 0 unspecified atom stereocenters. The topological polar surface area (TPSA) is 59.0 Å². The summed E-state index contributed by atoms with van der Waals surface area (Å²) in [7, 11) is 3.05. The Morgan fingerprint density at radius 3 is 2.10 bits per heavy atom. The van der Waals surface area contributed by atoms with Crippen LogP contribution in [0.2, 0.25) is 0 Å². The van der Waals surface area contributed by atoms with Crippen LogP contribution in [0.5, 0.6) is 11.5 Å². The van der Waals surface area contributed by atoms with Gasteiger partial charge in [0.05, 0.1) is 20.8 Å². The maximum atomic E-state index is 12.9. The highest BCUT2D eigenvalue weighted by Crippen LogP contribution is 2.30. The monoisotopic (exact) mass is 295 g/mol. The minimum atomic E-state index is -0.174. The van der Waals surface area contributed by atoms with Crippen LogP contribution in [0.3, 0.4) is 0 Å². The van der Waals surface area contributed by atoms with E-state index < -0.39 is 0 Å². The molecule has 0 aromatic heterocycles. The smallest absolute Gasteiger partial charge is 0.261 e. The van der Waals surface area contributed by atoms with E-state index in [9.17, 15) is 9.90 Å². The molecular weight excluding hydrogens is 270 g/mol. The van der Waals surface area contributed by atoms with Gasteiger partial charge in [0.15, 0.2) is 0 Å². The number of methoxy groups -OCH3 is 2. The number of rotatable bonds is 8. The zero-order valence-electron chi connectivity index (χ0n) is 13.3. The largest absolute Gasteiger partial charge is 0.496 e. The quantitative estimate of drug-likeness (QED) is 0.799. The molecular formula is C16H25NO4. The highest BCUT2D eigenvalue weighted by atomic mass is 16.5. The zero-order valence-corrected chi connectivity index (χ0v) is 13.3. The Hall–Kier alpha value is -1.75. The van der Waals surface area contributed by atoms with Gasteiger partial charge in [-0.15, -0.1) is 0 Å². The van der Waals surface area contributed by atoms with Crippen molar-refractivity contribution in [3.8, 4) is 11.5 Å². The first-order chi connectivity index (χ1) is 10.1. The second-order valence-corrected chi connectivity index (χ2v) is 4.73. The second-order valence-electron chi connectivity index (χ2n) is 4.73. The third kappa shape index (κ3) is 3.88. The Balaban J connectivity index is 3.25. The van der Waals surface area contributed by atoms with E-state index in [4.69, 9.17) is 9.47 Å². The van der Waals surface area contributed by atoms with Crippen molar-refractivity contribution < 1.29 is 19.4 Å². The van der Waals surface area contributed by atoms with Crippen LogP contribution in [-0.2, 0) is 0 Å². The molecule has 5 heteroatoms. The van der Waals surface area contributed by atoms with Gasteiger partial charge < -0.3 is 19.5 Å².